The van der Waals surface area contributed by atoms with Crippen LogP contribution in [0.3, 0.4) is 0 Å². The summed E-state index contributed by atoms with van der Waals surface area (Å²) < 4.78 is 0. The van der Waals surface area contributed by atoms with Crippen molar-refractivity contribution in [3.05, 3.63) is 0 Å². The van der Waals surface area contributed by atoms with Crippen LogP contribution in [0.4, 0.5) is 4.79 Å². The van der Waals surface area contributed by atoms with Gasteiger partial charge in [0.1, 0.15) is 6.04 Å². The van der Waals surface area contributed by atoms with E-state index in [4.69, 9.17) is 5.11 Å². The van der Waals surface area contributed by atoms with E-state index >= 15 is 0 Å². The number of piperazine rings is 1. The zero-order valence-corrected chi connectivity index (χ0v) is 12.7. The summed E-state index contributed by atoms with van der Waals surface area (Å²) in [6.45, 7) is 3.47. The number of carbonyl (C=O) groups excluding carboxylic acids is 1. The first-order valence-corrected chi connectivity index (χ1v) is 7.88. The van der Waals surface area contributed by atoms with E-state index in [0.29, 0.717) is 18.2 Å². The minimum atomic E-state index is -0.931. The van der Waals surface area contributed by atoms with Crippen LogP contribution in [0.1, 0.15) is 0 Å². The number of likely N-dealkylation sites (N-methyl/N-ethyl adjacent to an activating group) is 2. The lowest BCUT2D eigenvalue weighted by molar-refractivity contribution is -0.140. The van der Waals surface area contributed by atoms with Gasteiger partial charge in [0.05, 0.1) is 5.88 Å². The predicted molar refractivity (Wildman–Crippen MR) is 77.9 cm³/mol. The van der Waals surface area contributed by atoms with Crippen LogP contribution in [-0.2, 0) is 4.79 Å². The van der Waals surface area contributed by atoms with Gasteiger partial charge in [0.2, 0.25) is 0 Å². The van der Waals surface area contributed by atoms with Crippen molar-refractivity contribution in [2.75, 3.05) is 51.9 Å². The maximum Gasteiger partial charge on any atom is 0.327 e. The van der Waals surface area contributed by atoms with E-state index in [1.807, 2.05) is 0 Å². The number of hydrogen-bond donors (Lipinski definition) is 2. The van der Waals surface area contributed by atoms with Crippen LogP contribution in [0.15, 0.2) is 0 Å². The van der Waals surface area contributed by atoms with Gasteiger partial charge in [-0.15, -0.1) is 11.8 Å². The van der Waals surface area contributed by atoms with E-state index in [1.54, 1.807) is 0 Å². The van der Waals surface area contributed by atoms with Gasteiger partial charge in [0.15, 0.2) is 0 Å². The quantitative estimate of drug-likeness (QED) is 0.725. The molecule has 114 valence electrons. The van der Waals surface area contributed by atoms with Crippen molar-refractivity contribution in [3.8, 4) is 0 Å². The molecule has 2 amide bonds. The SMILES string of the molecule is CN1CCN(C)C(CNC(=O)N2CSCC2C(=O)O)C1. The Bertz CT molecular complexity index is 382. The molecule has 2 saturated heterocycles. The average Bonchev–Trinajstić information content (AvgIpc) is 2.89. The van der Waals surface area contributed by atoms with Crippen molar-refractivity contribution in [1.82, 2.24) is 20.0 Å². The number of nitrogens with zero attached hydrogens (tertiary/aromatic N) is 3. The van der Waals surface area contributed by atoms with Gasteiger partial charge in [-0.25, -0.2) is 9.59 Å². The molecule has 2 heterocycles. The first-order valence-electron chi connectivity index (χ1n) is 6.73. The summed E-state index contributed by atoms with van der Waals surface area (Å²) in [6, 6.07) is -0.702. The zero-order valence-electron chi connectivity index (χ0n) is 11.9. The molecule has 2 unspecified atom stereocenters. The fourth-order valence-electron chi connectivity index (χ4n) is 2.48. The molecule has 7 nitrogen and oxygen atoms in total. The van der Waals surface area contributed by atoms with Crippen molar-refractivity contribution >= 4 is 23.8 Å². The summed E-state index contributed by atoms with van der Waals surface area (Å²) in [5.74, 6) is -0.0161. The summed E-state index contributed by atoms with van der Waals surface area (Å²) in [5, 5.41) is 11.9. The normalized spacial score (nSPS) is 28.6. The van der Waals surface area contributed by atoms with Crippen molar-refractivity contribution in [1.29, 1.82) is 0 Å². The summed E-state index contributed by atoms with van der Waals surface area (Å²) in [6.07, 6.45) is 0. The fourth-order valence-corrected chi connectivity index (χ4v) is 3.62. The number of nitrogens with one attached hydrogen (secondary N) is 1. The zero-order chi connectivity index (χ0) is 14.7. The van der Waals surface area contributed by atoms with Crippen LogP contribution in [0.5, 0.6) is 0 Å². The Hall–Kier alpha value is -0.990. The number of carboxylic acids is 1. The number of amides is 2. The molecule has 0 saturated carbocycles. The number of carboxylic acid groups (broad SMARTS) is 1. The Balaban J connectivity index is 1.84. The fraction of sp³-hybridized carbons (Fsp3) is 0.833. The van der Waals surface area contributed by atoms with Gasteiger partial charge in [-0.3, -0.25) is 4.90 Å². The Labute approximate surface area is 123 Å². The monoisotopic (exact) mass is 302 g/mol. The number of urea groups is 1. The molecule has 2 N–H and O–H groups in total. The summed E-state index contributed by atoms with van der Waals surface area (Å²) >= 11 is 1.47. The third kappa shape index (κ3) is 3.56. The summed E-state index contributed by atoms with van der Waals surface area (Å²) in [7, 11) is 4.12. The molecule has 0 aromatic rings. The molecule has 2 atom stereocenters. The van der Waals surface area contributed by atoms with E-state index < -0.39 is 12.0 Å². The lowest BCUT2D eigenvalue weighted by atomic mass is 10.2. The highest BCUT2D eigenvalue weighted by Crippen LogP contribution is 2.20. The van der Waals surface area contributed by atoms with Crippen LogP contribution in [0.25, 0.3) is 0 Å². The first-order chi connectivity index (χ1) is 9.49. The average molecular weight is 302 g/mol. The second-order valence-corrected chi connectivity index (χ2v) is 6.41. The number of rotatable bonds is 3. The van der Waals surface area contributed by atoms with Crippen LogP contribution in [0, 0.1) is 0 Å². The summed E-state index contributed by atoms with van der Waals surface area (Å²) in [5.41, 5.74) is 0. The van der Waals surface area contributed by atoms with Gasteiger partial charge in [0.25, 0.3) is 0 Å². The van der Waals surface area contributed by atoms with Gasteiger partial charge < -0.3 is 20.2 Å². The third-order valence-electron chi connectivity index (χ3n) is 3.90. The Morgan fingerprint density at radius 3 is 2.80 bits per heavy atom. The highest BCUT2D eigenvalue weighted by molar-refractivity contribution is 7.99. The standard InChI is InChI=1S/C12H22N4O3S/c1-14-3-4-15(2)9(6-14)5-13-12(19)16-8-20-7-10(16)11(17)18/h9-10H,3-8H2,1-2H3,(H,13,19)(H,17,18). The molecule has 2 aliphatic heterocycles. The largest absolute Gasteiger partial charge is 0.480 e. The van der Waals surface area contributed by atoms with Gasteiger partial charge >= 0.3 is 12.0 Å². The van der Waals surface area contributed by atoms with Gasteiger partial charge in [-0.05, 0) is 14.1 Å². The Morgan fingerprint density at radius 2 is 2.10 bits per heavy atom. The molecule has 2 aliphatic rings. The van der Waals surface area contributed by atoms with Gasteiger partial charge in [-0.2, -0.15) is 0 Å². The number of carbonyl (C=O) groups is 2. The molecule has 0 aromatic carbocycles. The molecule has 0 aliphatic carbocycles. The molecule has 0 radical (unpaired) electrons. The minimum absolute atomic E-state index is 0.274. The molecule has 0 spiro atoms. The second kappa shape index (κ2) is 6.64. The minimum Gasteiger partial charge on any atom is -0.480 e. The molecule has 0 aromatic heterocycles. The van der Waals surface area contributed by atoms with Crippen LogP contribution >= 0.6 is 11.8 Å². The Morgan fingerprint density at radius 1 is 1.35 bits per heavy atom. The van der Waals surface area contributed by atoms with Crippen LogP contribution < -0.4 is 5.32 Å². The molecule has 0 bridgehead atoms. The lowest BCUT2D eigenvalue weighted by Crippen LogP contribution is -2.56. The maximum absolute atomic E-state index is 12.1. The smallest absolute Gasteiger partial charge is 0.327 e. The van der Waals surface area contributed by atoms with Crippen molar-refractivity contribution in [2.24, 2.45) is 0 Å². The Kier molecular flexibility index (Phi) is 5.11. The molecule has 2 rings (SSSR count). The molecule has 8 heteroatoms. The highest BCUT2D eigenvalue weighted by atomic mass is 32.2. The van der Waals surface area contributed by atoms with E-state index in [-0.39, 0.29) is 12.1 Å². The van der Waals surface area contributed by atoms with Gasteiger partial charge in [0, 0.05) is 38.0 Å². The summed E-state index contributed by atoms with van der Waals surface area (Å²) in [4.78, 5) is 29.0. The van der Waals surface area contributed by atoms with E-state index in [9.17, 15) is 9.59 Å². The first kappa shape index (κ1) is 15.4. The van der Waals surface area contributed by atoms with E-state index in [2.05, 4.69) is 29.2 Å². The van der Waals surface area contributed by atoms with Crippen molar-refractivity contribution < 1.29 is 14.7 Å². The van der Waals surface area contributed by atoms with Crippen molar-refractivity contribution in [2.45, 2.75) is 12.1 Å². The third-order valence-corrected chi connectivity index (χ3v) is 4.91. The highest BCUT2D eigenvalue weighted by Gasteiger charge is 2.35. The topological polar surface area (TPSA) is 76.1 Å². The molecule has 20 heavy (non-hydrogen) atoms. The lowest BCUT2D eigenvalue weighted by Gasteiger charge is -2.38. The van der Waals surface area contributed by atoms with E-state index in [0.717, 1.165) is 19.6 Å². The van der Waals surface area contributed by atoms with Crippen LogP contribution in [0.2, 0.25) is 0 Å². The predicted octanol–water partition coefficient (Wildman–Crippen LogP) is -0.599. The number of hydrogen-bond acceptors (Lipinski definition) is 5. The number of thioether (sulfide) groups is 1. The molecule has 2 fully saturated rings. The number of aliphatic carboxylic acids is 1. The maximum atomic E-state index is 12.1. The second-order valence-electron chi connectivity index (χ2n) is 5.41. The van der Waals surface area contributed by atoms with Gasteiger partial charge in [-0.1, -0.05) is 0 Å². The molecular formula is C12H22N4O3S. The molecular weight excluding hydrogens is 280 g/mol. The van der Waals surface area contributed by atoms with E-state index in [1.165, 1.54) is 16.7 Å². The van der Waals surface area contributed by atoms with Crippen molar-refractivity contribution in [3.63, 3.8) is 0 Å². The van der Waals surface area contributed by atoms with Crippen LogP contribution in [-0.4, -0.2) is 95.8 Å².